The fraction of sp³-hybridized carbons (Fsp3) is 0.667. The van der Waals surface area contributed by atoms with Crippen LogP contribution in [0.25, 0.3) is 0 Å². The van der Waals surface area contributed by atoms with E-state index in [-0.39, 0.29) is 11.9 Å². The standard InChI is InChI=1S/C12H21N3OS/c1-4-10-9(3)17-12(14-10)15-11(16)7-5-6-8(2)13/h8H,4-7,13H2,1-3H3,(H,14,15,16). The maximum atomic E-state index is 11.6. The molecule has 0 aromatic carbocycles. The molecule has 0 bridgehead atoms. The molecule has 17 heavy (non-hydrogen) atoms. The minimum absolute atomic E-state index is 0.0297. The van der Waals surface area contributed by atoms with E-state index in [1.54, 1.807) is 0 Å². The van der Waals surface area contributed by atoms with Crippen molar-refractivity contribution >= 4 is 22.4 Å². The van der Waals surface area contributed by atoms with Gasteiger partial charge in [0.05, 0.1) is 5.69 Å². The Labute approximate surface area is 107 Å². The fourth-order valence-electron chi connectivity index (χ4n) is 1.58. The van der Waals surface area contributed by atoms with E-state index in [1.807, 2.05) is 13.8 Å². The van der Waals surface area contributed by atoms with E-state index in [2.05, 4.69) is 17.2 Å². The second-order valence-corrected chi connectivity index (χ2v) is 5.50. The molecule has 0 fully saturated rings. The van der Waals surface area contributed by atoms with Gasteiger partial charge in [0.2, 0.25) is 5.91 Å². The number of hydrogen-bond donors (Lipinski definition) is 2. The first-order valence-electron chi connectivity index (χ1n) is 6.04. The van der Waals surface area contributed by atoms with E-state index in [9.17, 15) is 4.79 Å². The molecule has 0 saturated heterocycles. The molecule has 1 atom stereocenters. The summed E-state index contributed by atoms with van der Waals surface area (Å²) in [5.41, 5.74) is 6.70. The third-order valence-corrected chi connectivity index (χ3v) is 3.47. The molecule has 0 aliphatic rings. The number of nitrogens with one attached hydrogen (secondary N) is 1. The summed E-state index contributed by atoms with van der Waals surface area (Å²) >= 11 is 1.54. The van der Waals surface area contributed by atoms with Gasteiger partial charge in [-0.1, -0.05) is 6.92 Å². The summed E-state index contributed by atoms with van der Waals surface area (Å²) in [6.07, 6.45) is 3.13. The Morgan fingerprint density at radius 1 is 1.59 bits per heavy atom. The summed E-state index contributed by atoms with van der Waals surface area (Å²) in [5, 5.41) is 3.55. The van der Waals surface area contributed by atoms with Crippen LogP contribution in [0.2, 0.25) is 0 Å². The lowest BCUT2D eigenvalue weighted by Gasteiger charge is -2.04. The third kappa shape index (κ3) is 4.83. The summed E-state index contributed by atoms with van der Waals surface area (Å²) in [6, 6.07) is 0.164. The molecule has 1 rings (SSSR count). The van der Waals surface area contributed by atoms with E-state index >= 15 is 0 Å². The summed E-state index contributed by atoms with van der Waals surface area (Å²) in [7, 11) is 0. The molecule has 5 heteroatoms. The molecule has 3 N–H and O–H groups in total. The maximum Gasteiger partial charge on any atom is 0.226 e. The van der Waals surface area contributed by atoms with Crippen LogP contribution in [0.4, 0.5) is 5.13 Å². The second-order valence-electron chi connectivity index (χ2n) is 4.29. The number of amides is 1. The molecule has 1 amide bonds. The molecule has 0 aliphatic heterocycles. The van der Waals surface area contributed by atoms with Crippen molar-refractivity contribution in [1.29, 1.82) is 0 Å². The zero-order chi connectivity index (χ0) is 12.8. The Hall–Kier alpha value is -0.940. The van der Waals surface area contributed by atoms with Crippen molar-refractivity contribution < 1.29 is 4.79 Å². The Balaban J connectivity index is 2.39. The van der Waals surface area contributed by atoms with Gasteiger partial charge in [-0.15, -0.1) is 11.3 Å². The molecular weight excluding hydrogens is 234 g/mol. The van der Waals surface area contributed by atoms with Gasteiger partial charge in [0.15, 0.2) is 5.13 Å². The number of anilines is 1. The lowest BCUT2D eigenvalue weighted by atomic mass is 10.1. The van der Waals surface area contributed by atoms with E-state index < -0.39 is 0 Å². The van der Waals surface area contributed by atoms with Gasteiger partial charge in [0, 0.05) is 17.3 Å². The van der Waals surface area contributed by atoms with Crippen LogP contribution in [0.15, 0.2) is 0 Å². The number of aryl methyl sites for hydroxylation is 2. The first-order valence-corrected chi connectivity index (χ1v) is 6.86. The Morgan fingerprint density at radius 2 is 2.29 bits per heavy atom. The molecule has 96 valence electrons. The number of nitrogens with two attached hydrogens (primary N) is 1. The summed E-state index contributed by atoms with van der Waals surface area (Å²) in [6.45, 7) is 6.05. The quantitative estimate of drug-likeness (QED) is 0.820. The van der Waals surface area contributed by atoms with Crippen LogP contribution in [-0.2, 0) is 11.2 Å². The largest absolute Gasteiger partial charge is 0.328 e. The number of aromatic nitrogens is 1. The van der Waals surface area contributed by atoms with Gasteiger partial charge in [-0.3, -0.25) is 4.79 Å². The molecule has 4 nitrogen and oxygen atoms in total. The lowest BCUT2D eigenvalue weighted by molar-refractivity contribution is -0.116. The molecule has 0 spiro atoms. The first-order chi connectivity index (χ1) is 8.02. The van der Waals surface area contributed by atoms with Crippen LogP contribution in [0, 0.1) is 6.92 Å². The molecule has 0 saturated carbocycles. The van der Waals surface area contributed by atoms with Crippen LogP contribution in [0.3, 0.4) is 0 Å². The van der Waals surface area contributed by atoms with Crippen LogP contribution in [0.1, 0.15) is 43.7 Å². The van der Waals surface area contributed by atoms with Gasteiger partial charge in [-0.2, -0.15) is 0 Å². The zero-order valence-electron chi connectivity index (χ0n) is 10.7. The predicted molar refractivity (Wildman–Crippen MR) is 72.4 cm³/mol. The topological polar surface area (TPSA) is 68.0 Å². The van der Waals surface area contributed by atoms with E-state index in [0.717, 1.165) is 25.0 Å². The minimum Gasteiger partial charge on any atom is -0.328 e. The lowest BCUT2D eigenvalue weighted by Crippen LogP contribution is -2.16. The van der Waals surface area contributed by atoms with Crippen molar-refractivity contribution in [3.8, 4) is 0 Å². The zero-order valence-corrected chi connectivity index (χ0v) is 11.6. The van der Waals surface area contributed by atoms with Gasteiger partial charge in [0.25, 0.3) is 0 Å². The van der Waals surface area contributed by atoms with Crippen LogP contribution < -0.4 is 11.1 Å². The summed E-state index contributed by atoms with van der Waals surface area (Å²) in [5.74, 6) is 0.0297. The smallest absolute Gasteiger partial charge is 0.226 e. The summed E-state index contributed by atoms with van der Waals surface area (Å²) in [4.78, 5) is 17.2. The van der Waals surface area contributed by atoms with Gasteiger partial charge in [0.1, 0.15) is 0 Å². The highest BCUT2D eigenvalue weighted by Crippen LogP contribution is 2.22. The highest BCUT2D eigenvalue weighted by Gasteiger charge is 2.09. The van der Waals surface area contributed by atoms with Gasteiger partial charge < -0.3 is 11.1 Å². The first kappa shape index (κ1) is 14.1. The highest BCUT2D eigenvalue weighted by molar-refractivity contribution is 7.15. The Bertz CT molecular complexity index is 374. The monoisotopic (exact) mass is 255 g/mol. The molecule has 1 aromatic rings. The summed E-state index contributed by atoms with van der Waals surface area (Å²) < 4.78 is 0. The molecule has 0 aliphatic carbocycles. The number of nitrogens with zero attached hydrogens (tertiary/aromatic N) is 1. The third-order valence-electron chi connectivity index (χ3n) is 2.54. The Morgan fingerprint density at radius 3 is 2.82 bits per heavy atom. The number of carbonyl (C=O) groups excluding carboxylic acids is 1. The van der Waals surface area contributed by atoms with E-state index in [1.165, 1.54) is 16.2 Å². The molecular formula is C12H21N3OS. The maximum absolute atomic E-state index is 11.6. The van der Waals surface area contributed by atoms with Crippen LogP contribution in [-0.4, -0.2) is 16.9 Å². The fourth-order valence-corrected chi connectivity index (χ4v) is 2.49. The van der Waals surface area contributed by atoms with Crippen molar-refractivity contribution in [3.63, 3.8) is 0 Å². The van der Waals surface area contributed by atoms with Crippen molar-refractivity contribution in [3.05, 3.63) is 10.6 Å². The number of thiazole rings is 1. The number of hydrogen-bond acceptors (Lipinski definition) is 4. The SMILES string of the molecule is CCc1nc(NC(=O)CCCC(C)N)sc1C. The number of rotatable bonds is 6. The second kappa shape index (κ2) is 6.71. The molecule has 1 unspecified atom stereocenters. The highest BCUT2D eigenvalue weighted by atomic mass is 32.1. The van der Waals surface area contributed by atoms with Gasteiger partial charge in [-0.25, -0.2) is 4.98 Å². The van der Waals surface area contributed by atoms with E-state index in [0.29, 0.717) is 11.6 Å². The number of carbonyl (C=O) groups is 1. The average molecular weight is 255 g/mol. The van der Waals surface area contributed by atoms with Crippen molar-refractivity contribution in [2.45, 2.75) is 52.5 Å². The molecule has 1 aromatic heterocycles. The van der Waals surface area contributed by atoms with Gasteiger partial charge in [-0.05, 0) is 33.1 Å². The van der Waals surface area contributed by atoms with Crippen molar-refractivity contribution in [2.24, 2.45) is 5.73 Å². The van der Waals surface area contributed by atoms with E-state index in [4.69, 9.17) is 5.73 Å². The van der Waals surface area contributed by atoms with Crippen molar-refractivity contribution in [1.82, 2.24) is 4.98 Å². The Kier molecular flexibility index (Phi) is 5.58. The minimum atomic E-state index is 0.0297. The van der Waals surface area contributed by atoms with Gasteiger partial charge >= 0.3 is 0 Å². The van der Waals surface area contributed by atoms with Crippen LogP contribution >= 0.6 is 11.3 Å². The predicted octanol–water partition coefficient (Wildman–Crippen LogP) is 2.47. The molecule has 1 heterocycles. The molecule has 0 radical (unpaired) electrons. The average Bonchev–Trinajstić information content (AvgIpc) is 2.58. The van der Waals surface area contributed by atoms with Crippen LogP contribution in [0.5, 0.6) is 0 Å². The van der Waals surface area contributed by atoms with Crippen molar-refractivity contribution in [2.75, 3.05) is 5.32 Å². The normalized spacial score (nSPS) is 12.5.